The third kappa shape index (κ3) is 3.43. The predicted molar refractivity (Wildman–Crippen MR) is 161 cm³/mol. The van der Waals surface area contributed by atoms with Gasteiger partial charge in [-0.2, -0.15) is 0 Å². The second kappa shape index (κ2) is 9.08. The van der Waals surface area contributed by atoms with E-state index in [1.165, 1.54) is 52.0 Å². The van der Waals surface area contributed by atoms with E-state index in [1.54, 1.807) is 0 Å². The van der Waals surface area contributed by atoms with Crippen LogP contribution < -0.4 is 9.80 Å². The highest BCUT2D eigenvalue weighted by molar-refractivity contribution is 5.90. The Morgan fingerprint density at radius 1 is 0.821 bits per heavy atom. The lowest BCUT2D eigenvalue weighted by molar-refractivity contribution is 0.425. The largest absolute Gasteiger partial charge is 0.298 e. The normalized spacial score (nSPS) is 18.8. The summed E-state index contributed by atoms with van der Waals surface area (Å²) in [6.07, 6.45) is 6.30. The number of benzene rings is 3. The number of aromatic nitrogens is 2. The van der Waals surface area contributed by atoms with E-state index in [0.717, 1.165) is 48.7 Å². The van der Waals surface area contributed by atoms with Gasteiger partial charge in [-0.15, -0.1) is 0 Å². The maximum Gasteiger partial charge on any atom is 0.179 e. The molecule has 1 atom stereocenters. The number of aryl methyl sites for hydroxylation is 3. The first-order valence-corrected chi connectivity index (χ1v) is 14.5. The summed E-state index contributed by atoms with van der Waals surface area (Å²) in [5.74, 6) is 1.93. The van der Waals surface area contributed by atoms with Crippen molar-refractivity contribution in [3.63, 3.8) is 0 Å². The summed E-state index contributed by atoms with van der Waals surface area (Å²) in [4.78, 5) is 15.6. The number of fused-ring (bicyclic) bond motifs is 6. The van der Waals surface area contributed by atoms with Crippen LogP contribution in [0.1, 0.15) is 62.0 Å². The molecule has 0 bridgehead atoms. The van der Waals surface area contributed by atoms with Crippen molar-refractivity contribution in [3.8, 4) is 11.1 Å². The lowest BCUT2D eigenvalue weighted by atomic mass is 9.66. The number of hydrogen-bond acceptors (Lipinski definition) is 4. The van der Waals surface area contributed by atoms with Gasteiger partial charge in [0.15, 0.2) is 11.6 Å². The maximum atomic E-state index is 5.39. The van der Waals surface area contributed by atoms with Crippen LogP contribution in [0.3, 0.4) is 0 Å². The van der Waals surface area contributed by atoms with Gasteiger partial charge in [0.2, 0.25) is 0 Å². The molecule has 4 nitrogen and oxygen atoms in total. The summed E-state index contributed by atoms with van der Waals surface area (Å²) in [6.45, 7) is 11.7. The van der Waals surface area contributed by atoms with Crippen LogP contribution in [0.25, 0.3) is 11.1 Å². The minimum absolute atomic E-state index is 0.0780. The van der Waals surface area contributed by atoms with Crippen LogP contribution >= 0.6 is 0 Å². The van der Waals surface area contributed by atoms with Crippen LogP contribution in [0.2, 0.25) is 0 Å². The van der Waals surface area contributed by atoms with E-state index >= 15 is 0 Å². The van der Waals surface area contributed by atoms with Crippen LogP contribution in [-0.4, -0.2) is 16.1 Å². The van der Waals surface area contributed by atoms with Crippen molar-refractivity contribution in [3.05, 3.63) is 107 Å². The Morgan fingerprint density at radius 2 is 1.46 bits per heavy atom. The number of para-hydroxylation sites is 1. The minimum Gasteiger partial charge on any atom is -0.298 e. The number of rotatable bonds is 4. The first-order chi connectivity index (χ1) is 19.1. The molecule has 1 unspecified atom stereocenters. The van der Waals surface area contributed by atoms with Gasteiger partial charge >= 0.3 is 0 Å². The van der Waals surface area contributed by atoms with E-state index in [9.17, 15) is 0 Å². The third-order valence-electron chi connectivity index (χ3n) is 9.43. The van der Waals surface area contributed by atoms with E-state index in [4.69, 9.17) is 16.5 Å². The molecule has 0 amide bonds. The average molecular weight is 513 g/mol. The molecule has 3 aliphatic rings. The highest BCUT2D eigenvalue weighted by Gasteiger charge is 2.53. The molecule has 1 aliphatic carbocycles. The number of nitrogens with zero attached hydrogens (tertiary/aromatic N) is 4. The van der Waals surface area contributed by atoms with E-state index in [-0.39, 0.29) is 11.6 Å². The molecule has 4 heteroatoms. The zero-order valence-electron chi connectivity index (χ0n) is 23.2. The fraction of sp³-hybridized carbons (Fsp3) is 0.314. The van der Waals surface area contributed by atoms with Gasteiger partial charge < -0.3 is 0 Å². The quantitative estimate of drug-likeness (QED) is 0.256. The lowest BCUT2D eigenvalue weighted by Gasteiger charge is -2.49. The van der Waals surface area contributed by atoms with Crippen molar-refractivity contribution >= 4 is 23.0 Å². The zero-order chi connectivity index (χ0) is 26.7. The van der Waals surface area contributed by atoms with Crippen LogP contribution in [0.15, 0.2) is 84.9 Å². The van der Waals surface area contributed by atoms with Crippen LogP contribution in [0.5, 0.6) is 0 Å². The Balaban J connectivity index is 1.53. The number of anilines is 4. The Labute approximate surface area is 232 Å². The molecule has 0 saturated heterocycles. The minimum atomic E-state index is -0.130. The van der Waals surface area contributed by atoms with Crippen molar-refractivity contribution in [1.29, 1.82) is 0 Å². The number of hydrogen-bond donors (Lipinski definition) is 0. The summed E-state index contributed by atoms with van der Waals surface area (Å²) in [7, 11) is 0. The molecule has 0 spiro atoms. The SMILES string of the molecule is C=C1C2N(c3ccccc3)c3nc4c(nc3N2c2cc(-c3ccccc3C)ccc2C1(CC)CC)CCCC4. The van der Waals surface area contributed by atoms with Crippen molar-refractivity contribution in [2.45, 2.75) is 70.9 Å². The highest BCUT2D eigenvalue weighted by atomic mass is 15.5. The van der Waals surface area contributed by atoms with Gasteiger partial charge in [0.1, 0.15) is 6.17 Å². The first-order valence-electron chi connectivity index (χ1n) is 14.5. The molecule has 0 radical (unpaired) electrons. The first kappa shape index (κ1) is 24.1. The van der Waals surface area contributed by atoms with Gasteiger partial charge in [0, 0.05) is 16.8 Å². The van der Waals surface area contributed by atoms with Crippen molar-refractivity contribution in [2.24, 2.45) is 0 Å². The summed E-state index contributed by atoms with van der Waals surface area (Å²) in [6, 6.07) is 26.4. The monoisotopic (exact) mass is 512 g/mol. The van der Waals surface area contributed by atoms with E-state index in [2.05, 4.69) is 103 Å². The average Bonchev–Trinajstić information content (AvgIpc) is 3.31. The van der Waals surface area contributed by atoms with Crippen LogP contribution in [0, 0.1) is 6.92 Å². The highest BCUT2D eigenvalue weighted by Crippen LogP contribution is 2.58. The smallest absolute Gasteiger partial charge is 0.179 e. The molecule has 0 N–H and O–H groups in total. The molecule has 1 aromatic heterocycles. The predicted octanol–water partition coefficient (Wildman–Crippen LogP) is 8.57. The molecule has 39 heavy (non-hydrogen) atoms. The molecule has 2 aliphatic heterocycles. The van der Waals surface area contributed by atoms with Gasteiger partial charge in [0.25, 0.3) is 0 Å². The van der Waals surface area contributed by atoms with Crippen LogP contribution in [0.4, 0.5) is 23.0 Å². The van der Waals surface area contributed by atoms with Crippen molar-refractivity contribution in [2.75, 3.05) is 9.80 Å². The summed E-state index contributed by atoms with van der Waals surface area (Å²) in [5.41, 5.74) is 11.0. The molecule has 196 valence electrons. The van der Waals surface area contributed by atoms with E-state index in [0.29, 0.717) is 0 Å². The molecule has 7 rings (SSSR count). The fourth-order valence-corrected chi connectivity index (χ4v) is 7.26. The van der Waals surface area contributed by atoms with Crippen LogP contribution in [-0.2, 0) is 18.3 Å². The van der Waals surface area contributed by atoms with Gasteiger partial charge in [-0.25, -0.2) is 9.97 Å². The zero-order valence-corrected chi connectivity index (χ0v) is 23.2. The molecule has 3 aromatic carbocycles. The Morgan fingerprint density at radius 3 is 2.13 bits per heavy atom. The molecule has 4 aromatic rings. The fourth-order valence-electron chi connectivity index (χ4n) is 7.26. The molecular weight excluding hydrogens is 476 g/mol. The summed E-state index contributed by atoms with van der Waals surface area (Å²) < 4.78 is 0. The van der Waals surface area contributed by atoms with E-state index in [1.807, 2.05) is 0 Å². The second-order valence-electron chi connectivity index (χ2n) is 11.3. The topological polar surface area (TPSA) is 32.3 Å². The molecule has 0 saturated carbocycles. The van der Waals surface area contributed by atoms with Crippen molar-refractivity contribution in [1.82, 2.24) is 9.97 Å². The van der Waals surface area contributed by atoms with E-state index < -0.39 is 0 Å². The van der Waals surface area contributed by atoms with Gasteiger partial charge in [-0.3, -0.25) is 9.80 Å². The van der Waals surface area contributed by atoms with Gasteiger partial charge in [-0.1, -0.05) is 75.0 Å². The lowest BCUT2D eigenvalue weighted by Crippen LogP contribution is -2.50. The molecule has 3 heterocycles. The summed E-state index contributed by atoms with van der Waals surface area (Å²) >= 11 is 0. The second-order valence-corrected chi connectivity index (χ2v) is 11.3. The maximum absolute atomic E-state index is 5.39. The van der Waals surface area contributed by atoms with Gasteiger partial charge in [-0.05, 0) is 91.5 Å². The standard InChI is InChI=1S/C35H36N4/c1-5-35(6-2)24(4)34-38(26-15-8-7-9-16-26)32-33(37-30-19-13-12-18-29(30)36-32)39(34)31-22-25(20-21-28(31)35)27-17-11-10-14-23(27)3/h7-11,14-17,20-22,34H,4-6,12-13,18-19H2,1-3H3. The van der Waals surface area contributed by atoms with Crippen molar-refractivity contribution < 1.29 is 0 Å². The Bertz CT molecular complexity index is 1580. The Kier molecular flexibility index (Phi) is 5.62. The Hall–Kier alpha value is -3.92. The third-order valence-corrected chi connectivity index (χ3v) is 9.43. The van der Waals surface area contributed by atoms with Gasteiger partial charge in [0.05, 0.1) is 11.4 Å². The molecule has 0 fully saturated rings. The molecular formula is C35H36N4. The summed E-state index contributed by atoms with van der Waals surface area (Å²) in [5, 5.41) is 0.